The number of carboxylic acid groups (broad SMARTS) is 2. The van der Waals surface area contributed by atoms with Crippen molar-refractivity contribution in [2.45, 2.75) is 43.7 Å². The molecule has 53 heavy (non-hydrogen) atoms. The highest BCUT2D eigenvalue weighted by Crippen LogP contribution is 2.43. The predicted octanol–water partition coefficient (Wildman–Crippen LogP) is 1.62. The first kappa shape index (κ1) is 38.1. The van der Waals surface area contributed by atoms with Gasteiger partial charge in [0.05, 0.1) is 42.9 Å². The zero-order valence-electron chi connectivity index (χ0n) is 28.3. The van der Waals surface area contributed by atoms with Crippen LogP contribution in [0.1, 0.15) is 32.4 Å². The van der Waals surface area contributed by atoms with E-state index >= 15 is 0 Å². The third kappa shape index (κ3) is 7.72. The van der Waals surface area contributed by atoms with E-state index in [1.54, 1.807) is 6.07 Å². The van der Waals surface area contributed by atoms with Crippen LogP contribution in [0.2, 0.25) is 5.02 Å². The van der Waals surface area contributed by atoms with Crippen LogP contribution in [0, 0.1) is 0 Å². The number of anilines is 2. The second-order valence-corrected chi connectivity index (χ2v) is 16.4. The van der Waals surface area contributed by atoms with Gasteiger partial charge in [0.2, 0.25) is 5.60 Å². The molecule has 5 heterocycles. The Hall–Kier alpha value is -4.63. The van der Waals surface area contributed by atoms with Crippen molar-refractivity contribution in [1.29, 1.82) is 0 Å². The number of aromatic nitrogens is 2. The van der Waals surface area contributed by atoms with Crippen molar-refractivity contribution in [2.24, 2.45) is 5.16 Å². The SMILES string of the molecule is CC(C)(O/N=C(\C(=O)N[C@@H]1C(=O)N2C(C(=O)[O-])=C(C[N+]3(CCNc4csc(-c5ccc(O)c(O)c5Cl)n4)CCCC3)CS[C@H]12)c1csc(N)n1)C(=O)O. The summed E-state index contributed by atoms with van der Waals surface area (Å²) in [6, 6.07) is 1.80. The number of rotatable bonds is 14. The van der Waals surface area contributed by atoms with Gasteiger partial charge >= 0.3 is 5.97 Å². The fourth-order valence-corrected chi connectivity index (χ4v) is 9.29. The summed E-state index contributed by atoms with van der Waals surface area (Å²) in [5.41, 5.74) is 4.40. The van der Waals surface area contributed by atoms with E-state index in [-0.39, 0.29) is 33.0 Å². The van der Waals surface area contributed by atoms with E-state index in [4.69, 9.17) is 22.2 Å². The largest absolute Gasteiger partial charge is 0.543 e. The van der Waals surface area contributed by atoms with Crippen LogP contribution in [0.5, 0.6) is 11.5 Å². The maximum Gasteiger partial charge on any atom is 0.350 e. The normalized spacial score (nSPS) is 19.8. The Labute approximate surface area is 319 Å². The zero-order valence-corrected chi connectivity index (χ0v) is 31.5. The van der Waals surface area contributed by atoms with Crippen molar-refractivity contribution in [2.75, 3.05) is 49.5 Å². The number of phenols is 2. The number of nitrogens with two attached hydrogens (primary N) is 1. The summed E-state index contributed by atoms with van der Waals surface area (Å²) < 4.78 is 0.588. The number of halogens is 1. The molecule has 6 rings (SSSR count). The van der Waals surface area contributed by atoms with Crippen molar-refractivity contribution in [1.82, 2.24) is 20.2 Å². The van der Waals surface area contributed by atoms with Crippen LogP contribution in [0.15, 0.2) is 39.3 Å². The maximum atomic E-state index is 13.5. The van der Waals surface area contributed by atoms with Crippen LogP contribution >= 0.6 is 46.0 Å². The first-order valence-corrected chi connectivity index (χ1v) is 19.4. The van der Waals surface area contributed by atoms with Crippen molar-refractivity contribution in [3.05, 3.63) is 44.9 Å². The molecule has 17 nitrogen and oxygen atoms in total. The lowest BCUT2D eigenvalue weighted by molar-refractivity contribution is -0.910. The lowest BCUT2D eigenvalue weighted by atomic mass is 10.0. The number of nitrogens with zero attached hydrogens (tertiary/aromatic N) is 5. The van der Waals surface area contributed by atoms with Crippen molar-refractivity contribution in [3.8, 4) is 22.1 Å². The average molecular weight is 807 g/mol. The number of aromatic hydroxyl groups is 2. The average Bonchev–Trinajstić information content (AvgIpc) is 3.88. The Morgan fingerprint density at radius 3 is 2.58 bits per heavy atom. The number of likely N-dealkylation sites (tertiary alicyclic amines) is 1. The van der Waals surface area contributed by atoms with Gasteiger partial charge in [-0.1, -0.05) is 16.8 Å². The molecule has 0 bridgehead atoms. The molecular weight excluding hydrogens is 772 g/mol. The number of hydrogen-bond donors (Lipinski definition) is 6. The van der Waals surface area contributed by atoms with Crippen molar-refractivity contribution >= 4 is 86.5 Å². The second kappa shape index (κ2) is 15.0. The molecule has 2 aromatic heterocycles. The number of quaternary nitrogens is 1. The van der Waals surface area contributed by atoms with Gasteiger partial charge in [-0.2, -0.15) is 0 Å². The lowest BCUT2D eigenvalue weighted by Gasteiger charge is -2.51. The molecule has 1 aromatic carbocycles. The van der Waals surface area contributed by atoms with Gasteiger partial charge in [-0.05, 0) is 26.0 Å². The number of β-lactam (4-membered cyclic amide) rings is 1. The minimum Gasteiger partial charge on any atom is -0.543 e. The molecule has 7 N–H and O–H groups in total. The number of fused-ring (bicyclic) bond motifs is 1. The third-order valence-corrected chi connectivity index (χ3v) is 12.4. The number of thiazole rings is 2. The first-order valence-electron chi connectivity index (χ1n) is 16.3. The van der Waals surface area contributed by atoms with E-state index in [1.807, 2.05) is 5.38 Å². The molecule has 0 saturated carbocycles. The van der Waals surface area contributed by atoms with E-state index in [9.17, 15) is 39.6 Å². The van der Waals surface area contributed by atoms with Gasteiger partial charge in [0.15, 0.2) is 22.3 Å². The minimum atomic E-state index is -1.79. The summed E-state index contributed by atoms with van der Waals surface area (Å²) in [4.78, 5) is 66.0. The number of oxime groups is 1. The predicted molar refractivity (Wildman–Crippen MR) is 196 cm³/mol. The fraction of sp³-hybridized carbons (Fsp3) is 0.406. The highest BCUT2D eigenvalue weighted by Gasteiger charge is 2.54. The van der Waals surface area contributed by atoms with Gasteiger partial charge in [0.1, 0.15) is 34.5 Å². The van der Waals surface area contributed by atoms with Gasteiger partial charge in [-0.15, -0.1) is 34.4 Å². The molecule has 0 aliphatic carbocycles. The monoisotopic (exact) mass is 806 g/mol. The summed E-state index contributed by atoms with van der Waals surface area (Å²) in [6.45, 7) is 5.64. The highest BCUT2D eigenvalue weighted by molar-refractivity contribution is 8.00. The smallest absolute Gasteiger partial charge is 0.350 e. The molecular formula is C32H35ClN8O9S3. The highest BCUT2D eigenvalue weighted by atomic mass is 35.5. The maximum absolute atomic E-state index is 13.5. The molecule has 0 radical (unpaired) electrons. The number of nitrogen functional groups attached to an aromatic ring is 1. The molecule has 2 amide bonds. The third-order valence-electron chi connectivity index (χ3n) is 9.15. The zero-order chi connectivity index (χ0) is 38.2. The number of aliphatic carboxylic acids is 2. The molecule has 282 valence electrons. The molecule has 2 atom stereocenters. The molecule has 21 heteroatoms. The molecule has 3 aliphatic rings. The number of nitrogens with one attached hydrogen (secondary N) is 2. The summed E-state index contributed by atoms with van der Waals surface area (Å²) in [5.74, 6) is -4.22. The van der Waals surface area contributed by atoms with Gasteiger partial charge in [0.25, 0.3) is 11.8 Å². The number of carboxylic acids is 2. The summed E-state index contributed by atoms with van der Waals surface area (Å²) in [6.07, 6.45) is 1.90. The minimum absolute atomic E-state index is 0.00185. The lowest BCUT2D eigenvalue weighted by Crippen LogP contribution is -2.72. The van der Waals surface area contributed by atoms with Crippen molar-refractivity contribution in [3.63, 3.8) is 0 Å². The van der Waals surface area contributed by atoms with Gasteiger partial charge in [-0.3, -0.25) is 14.5 Å². The topological polar surface area (TPSA) is 253 Å². The van der Waals surface area contributed by atoms with Gasteiger partial charge in [0, 0.05) is 40.5 Å². The molecule has 0 spiro atoms. The van der Waals surface area contributed by atoms with Crippen LogP contribution in [0.3, 0.4) is 0 Å². The molecule has 3 aliphatic heterocycles. The summed E-state index contributed by atoms with van der Waals surface area (Å²) in [7, 11) is 0. The van der Waals surface area contributed by atoms with Gasteiger partial charge < -0.3 is 50.9 Å². The van der Waals surface area contributed by atoms with E-state index in [0.29, 0.717) is 46.1 Å². The number of amides is 2. The Morgan fingerprint density at radius 1 is 1.19 bits per heavy atom. The van der Waals surface area contributed by atoms with E-state index in [2.05, 4.69) is 25.8 Å². The second-order valence-electron chi connectivity index (χ2n) is 13.2. The number of phenolic OH excluding ortho intramolecular Hbond substituents is 2. The van der Waals surface area contributed by atoms with Crippen LogP contribution in [-0.4, -0.2) is 120 Å². The Balaban J connectivity index is 1.14. The van der Waals surface area contributed by atoms with Crippen molar-refractivity contribution < 1.29 is 48.9 Å². The molecule has 0 unspecified atom stereocenters. The van der Waals surface area contributed by atoms with Crippen LogP contribution < -0.4 is 21.5 Å². The number of carbonyl (C=O) groups excluding carboxylic acids is 3. The molecule has 2 saturated heterocycles. The quantitative estimate of drug-likeness (QED) is 0.0446. The fourth-order valence-electron chi connectivity index (χ4n) is 6.29. The van der Waals surface area contributed by atoms with E-state index in [1.165, 1.54) is 48.4 Å². The number of hydrogen-bond acceptors (Lipinski definition) is 16. The number of carbonyl (C=O) groups is 4. The summed E-state index contributed by atoms with van der Waals surface area (Å²) in [5, 5.41) is 54.6. The number of benzene rings is 1. The van der Waals surface area contributed by atoms with Crippen LogP contribution in [0.4, 0.5) is 10.9 Å². The van der Waals surface area contributed by atoms with Crippen LogP contribution in [-0.2, 0) is 24.0 Å². The Kier molecular flexibility index (Phi) is 10.8. The Bertz CT molecular complexity index is 2030. The molecule has 3 aromatic rings. The van der Waals surface area contributed by atoms with Gasteiger partial charge in [-0.25, -0.2) is 14.8 Å². The Morgan fingerprint density at radius 2 is 1.92 bits per heavy atom. The summed E-state index contributed by atoms with van der Waals surface area (Å²) >= 11 is 9.87. The van der Waals surface area contributed by atoms with E-state index < -0.39 is 52.2 Å². The van der Waals surface area contributed by atoms with Crippen LogP contribution in [0.25, 0.3) is 10.6 Å². The molecule has 2 fully saturated rings. The standard InChI is InChI=1S/C32H35ClN8O9S3/c1-32(2,30(48)49)50-39-21(17-13-53-31(34)36-17)25(44)38-22-27(45)40-23(29(46)47)15(12-52-28(22)40)11-41(8-3-4-9-41)10-7-35-19-14-51-26(37-19)16-5-6-18(42)24(43)20(16)33/h5-6,13-14,22,28,35H,3-4,7-12H2,1-2H3,(H6-,34,36,37,38,39,42,43,44,46,47,48,49)/t22-,28-/m1/s1. The number of thioether (sulfide) groups is 1. The first-order chi connectivity index (χ1) is 25.1. The van der Waals surface area contributed by atoms with E-state index in [0.717, 1.165) is 42.2 Å².